The zero-order valence-corrected chi connectivity index (χ0v) is 20.2. The van der Waals surface area contributed by atoms with Crippen LogP contribution in [0.5, 0.6) is 0 Å². The lowest BCUT2D eigenvalue weighted by Gasteiger charge is -2.35. The Labute approximate surface area is 200 Å². The number of fused-ring (bicyclic) bond motifs is 1. The van der Waals surface area contributed by atoms with E-state index in [1.807, 2.05) is 47.7 Å². The Hall–Kier alpha value is -3.74. The van der Waals surface area contributed by atoms with Crippen molar-refractivity contribution in [1.29, 1.82) is 0 Å². The Balaban J connectivity index is 1.45. The number of hydrogen-bond acceptors (Lipinski definition) is 5. The second kappa shape index (κ2) is 8.89. The molecule has 0 saturated carbocycles. The summed E-state index contributed by atoms with van der Waals surface area (Å²) in [6.07, 6.45) is 0.743. The van der Waals surface area contributed by atoms with Gasteiger partial charge in [0.2, 0.25) is 0 Å². The first-order valence-electron chi connectivity index (χ1n) is 11.9. The molecule has 0 aliphatic carbocycles. The minimum Gasteiger partial charge on any atom is -0.352 e. The van der Waals surface area contributed by atoms with Gasteiger partial charge in [0.25, 0.3) is 5.91 Å². The van der Waals surface area contributed by atoms with Crippen LogP contribution in [0.3, 0.4) is 0 Å². The minimum absolute atomic E-state index is 0.0881. The van der Waals surface area contributed by atoms with Crippen molar-refractivity contribution >= 4 is 22.8 Å². The minimum atomic E-state index is 0.0881. The molecule has 2 aromatic heterocycles. The summed E-state index contributed by atoms with van der Waals surface area (Å²) < 4.78 is 1.92. The van der Waals surface area contributed by atoms with Crippen molar-refractivity contribution in [3.05, 3.63) is 76.7 Å². The quantitative estimate of drug-likeness (QED) is 0.461. The summed E-state index contributed by atoms with van der Waals surface area (Å²) >= 11 is 0. The molecule has 174 valence electrons. The molecular formula is C27H30N6O. The Kier molecular flexibility index (Phi) is 5.77. The van der Waals surface area contributed by atoms with Crippen LogP contribution in [0, 0.1) is 20.8 Å². The molecule has 2 aromatic carbocycles. The van der Waals surface area contributed by atoms with Crippen molar-refractivity contribution < 1.29 is 4.79 Å². The molecule has 0 atom stereocenters. The molecule has 0 N–H and O–H groups in total. The molecule has 34 heavy (non-hydrogen) atoms. The first-order chi connectivity index (χ1) is 16.4. The van der Waals surface area contributed by atoms with Crippen LogP contribution in [0.25, 0.3) is 16.7 Å². The van der Waals surface area contributed by atoms with Gasteiger partial charge in [0.15, 0.2) is 5.65 Å². The van der Waals surface area contributed by atoms with E-state index in [1.54, 1.807) is 0 Å². The van der Waals surface area contributed by atoms with E-state index >= 15 is 0 Å². The molecule has 0 bridgehead atoms. The molecule has 0 unspecified atom stereocenters. The molecule has 4 aromatic rings. The molecule has 1 aliphatic rings. The summed E-state index contributed by atoms with van der Waals surface area (Å²) in [5.41, 5.74) is 5.84. The van der Waals surface area contributed by atoms with E-state index in [0.717, 1.165) is 64.7 Å². The van der Waals surface area contributed by atoms with Crippen molar-refractivity contribution in [2.24, 2.45) is 0 Å². The molecule has 7 nitrogen and oxygen atoms in total. The summed E-state index contributed by atoms with van der Waals surface area (Å²) in [6.45, 7) is 11.0. The zero-order chi connectivity index (χ0) is 23.8. The van der Waals surface area contributed by atoms with Crippen molar-refractivity contribution in [2.45, 2.75) is 34.1 Å². The number of piperazine rings is 1. The molecule has 0 spiro atoms. The summed E-state index contributed by atoms with van der Waals surface area (Å²) in [6, 6.07) is 16.1. The van der Waals surface area contributed by atoms with Gasteiger partial charge in [-0.1, -0.05) is 42.3 Å². The van der Waals surface area contributed by atoms with Gasteiger partial charge in [0.1, 0.15) is 11.6 Å². The molecule has 3 heterocycles. The maximum absolute atomic E-state index is 13.0. The summed E-state index contributed by atoms with van der Waals surface area (Å²) in [5.74, 6) is 1.80. The predicted octanol–water partition coefficient (Wildman–Crippen LogP) is 4.27. The summed E-state index contributed by atoms with van der Waals surface area (Å²) in [4.78, 5) is 27.0. The number of carbonyl (C=O) groups is 1. The lowest BCUT2D eigenvalue weighted by Crippen LogP contribution is -2.49. The van der Waals surface area contributed by atoms with E-state index < -0.39 is 0 Å². The van der Waals surface area contributed by atoms with Gasteiger partial charge in [-0.15, -0.1) is 0 Å². The molecule has 1 amide bonds. The Morgan fingerprint density at radius 2 is 1.47 bits per heavy atom. The van der Waals surface area contributed by atoms with Crippen LogP contribution in [0.4, 0.5) is 5.82 Å². The van der Waals surface area contributed by atoms with Crippen molar-refractivity contribution in [3.8, 4) is 5.69 Å². The first-order valence-corrected chi connectivity index (χ1v) is 11.9. The number of amides is 1. The van der Waals surface area contributed by atoms with Gasteiger partial charge in [-0.2, -0.15) is 5.10 Å². The smallest absolute Gasteiger partial charge is 0.253 e. The summed E-state index contributed by atoms with van der Waals surface area (Å²) in [5, 5.41) is 5.82. The van der Waals surface area contributed by atoms with Gasteiger partial charge < -0.3 is 9.80 Å². The normalized spacial score (nSPS) is 14.1. The standard InChI is InChI=1S/C27H30N6O/c1-5-23-28-25(24-20(4)30-33(26(24)29-23)22-12-8-19(3)9-13-22)31-14-16-32(17-15-31)27(34)21-10-6-18(2)7-11-21/h6-13H,5,14-17H2,1-4H3. The second-order valence-corrected chi connectivity index (χ2v) is 8.99. The van der Waals surface area contributed by atoms with Crippen LogP contribution in [0.15, 0.2) is 48.5 Å². The highest BCUT2D eigenvalue weighted by Crippen LogP contribution is 2.30. The van der Waals surface area contributed by atoms with E-state index in [0.29, 0.717) is 13.1 Å². The van der Waals surface area contributed by atoms with E-state index in [2.05, 4.69) is 43.0 Å². The third-order valence-electron chi connectivity index (χ3n) is 6.49. The van der Waals surface area contributed by atoms with Crippen LogP contribution in [0.1, 0.15) is 39.9 Å². The molecule has 1 fully saturated rings. The number of nitrogens with zero attached hydrogens (tertiary/aromatic N) is 6. The van der Waals surface area contributed by atoms with Crippen LogP contribution in [-0.2, 0) is 6.42 Å². The number of rotatable bonds is 4. The highest BCUT2D eigenvalue weighted by molar-refractivity contribution is 5.95. The maximum atomic E-state index is 13.0. The third-order valence-corrected chi connectivity index (χ3v) is 6.49. The highest BCUT2D eigenvalue weighted by Gasteiger charge is 2.26. The number of carbonyl (C=O) groups excluding carboxylic acids is 1. The van der Waals surface area contributed by atoms with Gasteiger partial charge in [0, 0.05) is 38.2 Å². The average Bonchev–Trinajstić information content (AvgIpc) is 3.20. The average molecular weight is 455 g/mol. The van der Waals surface area contributed by atoms with Gasteiger partial charge in [-0.3, -0.25) is 4.79 Å². The Bertz CT molecular complexity index is 1330. The number of benzene rings is 2. The Morgan fingerprint density at radius 1 is 0.853 bits per heavy atom. The van der Waals surface area contributed by atoms with Gasteiger partial charge in [-0.05, 0) is 45.0 Å². The molecule has 7 heteroatoms. The van der Waals surface area contributed by atoms with Crippen molar-refractivity contribution in [2.75, 3.05) is 31.1 Å². The number of anilines is 1. The molecule has 1 saturated heterocycles. The van der Waals surface area contributed by atoms with Crippen LogP contribution in [0.2, 0.25) is 0 Å². The maximum Gasteiger partial charge on any atom is 0.253 e. The van der Waals surface area contributed by atoms with E-state index in [1.165, 1.54) is 5.56 Å². The topological polar surface area (TPSA) is 67.2 Å². The predicted molar refractivity (Wildman–Crippen MR) is 135 cm³/mol. The van der Waals surface area contributed by atoms with Gasteiger partial charge >= 0.3 is 0 Å². The lowest BCUT2D eigenvalue weighted by atomic mass is 10.1. The fourth-order valence-corrected chi connectivity index (χ4v) is 4.46. The van der Waals surface area contributed by atoms with Crippen LogP contribution >= 0.6 is 0 Å². The van der Waals surface area contributed by atoms with Gasteiger partial charge in [-0.25, -0.2) is 14.6 Å². The molecule has 5 rings (SSSR count). The van der Waals surface area contributed by atoms with Crippen LogP contribution in [-0.4, -0.2) is 56.7 Å². The molecule has 0 radical (unpaired) electrons. The Morgan fingerprint density at radius 3 is 2.09 bits per heavy atom. The van der Waals surface area contributed by atoms with E-state index in [9.17, 15) is 4.79 Å². The second-order valence-electron chi connectivity index (χ2n) is 8.99. The van der Waals surface area contributed by atoms with Crippen LogP contribution < -0.4 is 4.90 Å². The third kappa shape index (κ3) is 4.02. The van der Waals surface area contributed by atoms with E-state index in [-0.39, 0.29) is 5.91 Å². The fourth-order valence-electron chi connectivity index (χ4n) is 4.46. The SMILES string of the molecule is CCc1nc(N2CCN(C(=O)c3ccc(C)cc3)CC2)c2c(C)nn(-c3ccc(C)cc3)c2n1. The number of hydrogen-bond donors (Lipinski definition) is 0. The zero-order valence-electron chi connectivity index (χ0n) is 20.2. The number of aryl methyl sites for hydroxylation is 4. The van der Waals surface area contributed by atoms with Crippen molar-refractivity contribution in [1.82, 2.24) is 24.6 Å². The summed E-state index contributed by atoms with van der Waals surface area (Å²) in [7, 11) is 0. The van der Waals surface area contributed by atoms with E-state index in [4.69, 9.17) is 15.1 Å². The largest absolute Gasteiger partial charge is 0.352 e. The molecule has 1 aliphatic heterocycles. The number of aromatic nitrogens is 4. The monoisotopic (exact) mass is 454 g/mol. The highest BCUT2D eigenvalue weighted by atomic mass is 16.2. The lowest BCUT2D eigenvalue weighted by molar-refractivity contribution is 0.0746. The van der Waals surface area contributed by atoms with Crippen molar-refractivity contribution in [3.63, 3.8) is 0 Å². The van der Waals surface area contributed by atoms with Gasteiger partial charge in [0.05, 0.1) is 16.8 Å². The fraction of sp³-hybridized carbons (Fsp3) is 0.333. The molecular weight excluding hydrogens is 424 g/mol. The first kappa shape index (κ1) is 22.1.